The van der Waals surface area contributed by atoms with Crippen molar-refractivity contribution in [1.82, 2.24) is 4.90 Å². The maximum atomic E-state index is 13.0. The molecular weight excluding hydrogens is 520 g/mol. The summed E-state index contributed by atoms with van der Waals surface area (Å²) < 4.78 is 5.10. The van der Waals surface area contributed by atoms with Crippen LogP contribution in [-0.4, -0.2) is 50.9 Å². The average molecular weight is 542 g/mol. The van der Waals surface area contributed by atoms with Crippen LogP contribution in [0.5, 0.6) is 0 Å². The predicted molar refractivity (Wildman–Crippen MR) is 116 cm³/mol. The lowest BCUT2D eigenvalue weighted by atomic mass is 9.81. The second-order valence-electron chi connectivity index (χ2n) is 8.20. The number of imide groups is 1. The normalized spacial score (nSPS) is 32.9. The first kappa shape index (κ1) is 21.5. The van der Waals surface area contributed by atoms with Gasteiger partial charge in [0.2, 0.25) is 11.8 Å². The monoisotopic (exact) mass is 540 g/mol. The van der Waals surface area contributed by atoms with Gasteiger partial charge in [0.15, 0.2) is 6.61 Å². The SMILES string of the molecule is Cc1ccccc1NC(=O)COC(=O)[C@H](C)N1C(=O)[C@@H]2[C@H]3C[C@@H]([C@H](Br)[C@H]3Br)[C@H]2C1=O. The minimum Gasteiger partial charge on any atom is -0.454 e. The smallest absolute Gasteiger partial charge is 0.329 e. The topological polar surface area (TPSA) is 92.8 Å². The average Bonchev–Trinajstić information content (AvgIpc) is 3.32. The van der Waals surface area contributed by atoms with Gasteiger partial charge in [0.05, 0.1) is 11.8 Å². The van der Waals surface area contributed by atoms with Crippen LogP contribution >= 0.6 is 31.9 Å². The molecule has 1 heterocycles. The van der Waals surface area contributed by atoms with Crippen LogP contribution in [0.15, 0.2) is 24.3 Å². The van der Waals surface area contributed by atoms with E-state index in [1.165, 1.54) is 6.92 Å². The molecule has 2 saturated carbocycles. The fraction of sp³-hybridized carbons (Fsp3) is 0.524. The molecule has 0 unspecified atom stereocenters. The van der Waals surface area contributed by atoms with Crippen LogP contribution in [0.1, 0.15) is 18.9 Å². The number of hydrogen-bond donors (Lipinski definition) is 1. The molecule has 3 aliphatic rings. The van der Waals surface area contributed by atoms with Gasteiger partial charge in [0, 0.05) is 15.3 Å². The van der Waals surface area contributed by atoms with Crippen molar-refractivity contribution in [2.75, 3.05) is 11.9 Å². The standard InChI is InChI=1S/C21H22Br2N2O5/c1-9-5-3-4-6-13(9)24-14(26)8-30-21(29)10(2)25-19(27)15-11-7-12(16(15)20(25)28)18(23)17(11)22/h3-6,10-12,15-18H,7-8H2,1-2H3,(H,24,26)/t10-,11+,12+,15+,16+,17-,18-/m0/s1. The molecule has 2 bridgehead atoms. The first-order valence-corrected chi connectivity index (χ1v) is 11.7. The van der Waals surface area contributed by atoms with Crippen molar-refractivity contribution in [3.63, 3.8) is 0 Å². The summed E-state index contributed by atoms with van der Waals surface area (Å²) in [5.41, 5.74) is 1.52. The molecule has 1 aromatic carbocycles. The van der Waals surface area contributed by atoms with E-state index in [0.29, 0.717) is 5.69 Å². The van der Waals surface area contributed by atoms with Crippen molar-refractivity contribution in [2.45, 2.75) is 36.0 Å². The van der Waals surface area contributed by atoms with E-state index in [9.17, 15) is 19.2 Å². The predicted octanol–water partition coefficient (Wildman–Crippen LogP) is 2.64. The lowest BCUT2D eigenvalue weighted by Crippen LogP contribution is -2.45. The van der Waals surface area contributed by atoms with Gasteiger partial charge in [-0.2, -0.15) is 0 Å². The molecule has 30 heavy (non-hydrogen) atoms. The summed E-state index contributed by atoms with van der Waals surface area (Å²) in [4.78, 5) is 51.9. The molecule has 0 radical (unpaired) electrons. The number of benzene rings is 1. The quantitative estimate of drug-likeness (QED) is 0.351. The molecule has 1 aliphatic heterocycles. The number of amides is 3. The third-order valence-electron chi connectivity index (χ3n) is 6.51. The van der Waals surface area contributed by atoms with Gasteiger partial charge in [0.1, 0.15) is 6.04 Å². The first-order valence-electron chi connectivity index (χ1n) is 9.89. The van der Waals surface area contributed by atoms with Crippen molar-refractivity contribution >= 4 is 61.2 Å². The number of alkyl halides is 2. The van der Waals surface area contributed by atoms with Crippen LogP contribution in [-0.2, 0) is 23.9 Å². The van der Waals surface area contributed by atoms with E-state index in [-0.39, 0.29) is 45.1 Å². The Balaban J connectivity index is 1.38. The first-order chi connectivity index (χ1) is 14.2. The molecule has 7 nitrogen and oxygen atoms in total. The number of nitrogens with zero attached hydrogens (tertiary/aromatic N) is 1. The maximum absolute atomic E-state index is 13.0. The van der Waals surface area contributed by atoms with Crippen molar-refractivity contribution in [3.8, 4) is 0 Å². The van der Waals surface area contributed by atoms with Crippen molar-refractivity contribution < 1.29 is 23.9 Å². The molecule has 9 heteroatoms. The minimum absolute atomic E-state index is 0.0777. The number of hydrogen-bond acceptors (Lipinski definition) is 5. The van der Waals surface area contributed by atoms with Gasteiger partial charge in [-0.15, -0.1) is 0 Å². The zero-order valence-electron chi connectivity index (χ0n) is 16.5. The molecule has 3 fully saturated rings. The molecule has 3 amide bonds. The Morgan fingerprint density at radius 2 is 1.70 bits per heavy atom. The molecule has 0 aromatic heterocycles. The van der Waals surface area contributed by atoms with Crippen LogP contribution in [0.3, 0.4) is 0 Å². The molecule has 0 spiro atoms. The number of nitrogens with one attached hydrogen (secondary N) is 1. The zero-order chi connectivity index (χ0) is 21.7. The van der Waals surface area contributed by atoms with Gasteiger partial charge in [0.25, 0.3) is 5.91 Å². The Hall–Kier alpha value is -1.74. The van der Waals surface area contributed by atoms with Gasteiger partial charge >= 0.3 is 5.97 Å². The Morgan fingerprint density at radius 3 is 2.27 bits per heavy atom. The largest absolute Gasteiger partial charge is 0.454 e. The number of carbonyl (C=O) groups excluding carboxylic acids is 4. The van der Waals surface area contributed by atoms with Crippen LogP contribution in [0.4, 0.5) is 5.69 Å². The highest BCUT2D eigenvalue weighted by Crippen LogP contribution is 2.60. The van der Waals surface area contributed by atoms with E-state index >= 15 is 0 Å². The van der Waals surface area contributed by atoms with Gasteiger partial charge in [-0.05, 0) is 43.7 Å². The van der Waals surface area contributed by atoms with Gasteiger partial charge < -0.3 is 10.1 Å². The summed E-state index contributed by atoms with van der Waals surface area (Å²) in [5, 5.41) is 2.68. The molecular formula is C21H22Br2N2O5. The molecule has 160 valence electrons. The number of esters is 1. The highest BCUT2D eigenvalue weighted by molar-refractivity contribution is 9.12. The van der Waals surface area contributed by atoms with Crippen LogP contribution in [0.25, 0.3) is 0 Å². The number of fused-ring (bicyclic) bond motifs is 5. The number of para-hydroxylation sites is 1. The van der Waals surface area contributed by atoms with E-state index < -0.39 is 24.5 Å². The summed E-state index contributed by atoms with van der Waals surface area (Å²) >= 11 is 7.28. The molecule has 1 N–H and O–H groups in total. The van der Waals surface area contributed by atoms with E-state index in [1.54, 1.807) is 12.1 Å². The van der Waals surface area contributed by atoms with E-state index in [0.717, 1.165) is 16.9 Å². The number of likely N-dealkylation sites (tertiary alicyclic amines) is 1. The molecule has 1 aromatic rings. The summed E-state index contributed by atoms with van der Waals surface area (Å²) in [6.07, 6.45) is 0.824. The van der Waals surface area contributed by atoms with Crippen molar-refractivity contribution in [3.05, 3.63) is 29.8 Å². The molecule has 7 atom stereocenters. The van der Waals surface area contributed by atoms with Gasteiger partial charge in [-0.1, -0.05) is 50.1 Å². The van der Waals surface area contributed by atoms with E-state index in [4.69, 9.17) is 4.74 Å². The highest BCUT2D eigenvalue weighted by atomic mass is 79.9. The fourth-order valence-corrected chi connectivity index (χ4v) is 6.89. The summed E-state index contributed by atoms with van der Waals surface area (Å²) in [5.74, 6) is -2.49. The van der Waals surface area contributed by atoms with Crippen LogP contribution in [0, 0.1) is 30.6 Å². The van der Waals surface area contributed by atoms with Crippen molar-refractivity contribution in [1.29, 1.82) is 0 Å². The summed E-state index contributed by atoms with van der Waals surface area (Å²) in [6, 6.07) is 6.19. The fourth-order valence-electron chi connectivity index (χ4n) is 5.02. The number of carbonyl (C=O) groups is 4. The van der Waals surface area contributed by atoms with Crippen molar-refractivity contribution in [2.24, 2.45) is 23.7 Å². The molecule has 1 saturated heterocycles. The van der Waals surface area contributed by atoms with Gasteiger partial charge in [-0.3, -0.25) is 19.3 Å². The lowest BCUT2D eigenvalue weighted by Gasteiger charge is -2.28. The minimum atomic E-state index is -1.07. The highest BCUT2D eigenvalue weighted by Gasteiger charge is 2.67. The Kier molecular flexibility index (Phi) is 5.78. The third kappa shape index (κ3) is 3.39. The number of halogens is 2. The zero-order valence-corrected chi connectivity index (χ0v) is 19.7. The summed E-state index contributed by atoms with van der Waals surface area (Å²) in [7, 11) is 0. The van der Waals surface area contributed by atoms with Crippen LogP contribution in [0.2, 0.25) is 0 Å². The number of rotatable bonds is 5. The maximum Gasteiger partial charge on any atom is 0.329 e. The molecule has 2 aliphatic carbocycles. The molecule has 4 rings (SSSR count). The number of aryl methyl sites for hydroxylation is 1. The second kappa shape index (κ2) is 8.07. The second-order valence-corrected chi connectivity index (χ2v) is 10.3. The Bertz CT molecular complexity index is 890. The van der Waals surface area contributed by atoms with E-state index in [2.05, 4.69) is 37.2 Å². The Labute approximate surface area is 191 Å². The van der Waals surface area contributed by atoms with Gasteiger partial charge in [-0.25, -0.2) is 4.79 Å². The lowest BCUT2D eigenvalue weighted by molar-refractivity contribution is -0.159. The van der Waals surface area contributed by atoms with E-state index in [1.807, 2.05) is 19.1 Å². The Morgan fingerprint density at radius 1 is 1.13 bits per heavy atom. The van der Waals surface area contributed by atoms with Crippen LogP contribution < -0.4 is 5.32 Å². The summed E-state index contributed by atoms with van der Waals surface area (Å²) in [6.45, 7) is 2.84. The number of ether oxygens (including phenoxy) is 1. The third-order valence-corrected chi connectivity index (χ3v) is 9.72. The number of anilines is 1.